The van der Waals surface area contributed by atoms with Gasteiger partial charge in [0.15, 0.2) is 0 Å². The van der Waals surface area contributed by atoms with Gasteiger partial charge in [-0.25, -0.2) is 0 Å². The molecule has 2 fully saturated rings. The van der Waals surface area contributed by atoms with Crippen molar-refractivity contribution in [1.82, 2.24) is 14.7 Å². The Labute approximate surface area is 109 Å². The van der Waals surface area contributed by atoms with E-state index < -0.39 is 0 Å². The summed E-state index contributed by atoms with van der Waals surface area (Å²) >= 11 is 0. The summed E-state index contributed by atoms with van der Waals surface area (Å²) in [7, 11) is 1.85. The lowest BCUT2D eigenvalue weighted by atomic mass is 10.1. The lowest BCUT2D eigenvalue weighted by molar-refractivity contribution is -0.137. The molecule has 0 spiro atoms. The van der Waals surface area contributed by atoms with Gasteiger partial charge in [0.1, 0.15) is 0 Å². The molecule has 2 saturated heterocycles. The Morgan fingerprint density at radius 1 is 1.28 bits per heavy atom. The van der Waals surface area contributed by atoms with E-state index in [9.17, 15) is 4.79 Å². The highest BCUT2D eigenvalue weighted by atomic mass is 16.5. The fraction of sp³-hybridized carbons (Fsp3) is 0.917. The number of carbonyl (C=O) groups excluding carboxylic acids is 1. The fourth-order valence-electron chi connectivity index (χ4n) is 2.50. The number of ether oxygens (including phenoxy) is 1. The molecule has 0 aliphatic carbocycles. The summed E-state index contributed by atoms with van der Waals surface area (Å²) in [6.07, 6.45) is 0. The van der Waals surface area contributed by atoms with Crippen LogP contribution in [0.5, 0.6) is 0 Å². The lowest BCUT2D eigenvalue weighted by Gasteiger charge is -2.39. The molecule has 0 aromatic carbocycles. The van der Waals surface area contributed by atoms with E-state index in [4.69, 9.17) is 10.5 Å². The van der Waals surface area contributed by atoms with Crippen LogP contribution in [0.2, 0.25) is 0 Å². The molecule has 0 bridgehead atoms. The van der Waals surface area contributed by atoms with E-state index in [1.807, 2.05) is 7.05 Å². The molecule has 2 aliphatic heterocycles. The van der Waals surface area contributed by atoms with Crippen molar-refractivity contribution in [3.63, 3.8) is 0 Å². The van der Waals surface area contributed by atoms with Gasteiger partial charge in [-0.3, -0.25) is 14.6 Å². The maximum Gasteiger partial charge on any atom is 0.236 e. The second kappa shape index (κ2) is 6.47. The van der Waals surface area contributed by atoms with E-state index >= 15 is 0 Å². The Morgan fingerprint density at radius 2 is 1.94 bits per heavy atom. The zero-order valence-electron chi connectivity index (χ0n) is 11.2. The van der Waals surface area contributed by atoms with Crippen LogP contribution in [0.3, 0.4) is 0 Å². The number of likely N-dealkylation sites (N-methyl/N-ethyl adjacent to an activating group) is 1. The smallest absolute Gasteiger partial charge is 0.236 e. The average Bonchev–Trinajstić information content (AvgIpc) is 2.41. The lowest BCUT2D eigenvalue weighted by Crippen LogP contribution is -2.58. The van der Waals surface area contributed by atoms with Gasteiger partial charge in [0.25, 0.3) is 0 Å². The first-order valence-electron chi connectivity index (χ1n) is 6.69. The topological polar surface area (TPSA) is 62.0 Å². The Morgan fingerprint density at radius 3 is 2.61 bits per heavy atom. The summed E-state index contributed by atoms with van der Waals surface area (Å²) in [5.41, 5.74) is 5.71. The first-order valence-corrected chi connectivity index (χ1v) is 6.69. The van der Waals surface area contributed by atoms with Crippen LogP contribution in [0.4, 0.5) is 0 Å². The predicted octanol–water partition coefficient (Wildman–Crippen LogP) is -1.58. The molecule has 1 unspecified atom stereocenters. The molecule has 6 heteroatoms. The number of carbonyl (C=O) groups is 1. The van der Waals surface area contributed by atoms with Gasteiger partial charge in [-0.15, -0.1) is 0 Å². The molecule has 6 nitrogen and oxygen atoms in total. The minimum absolute atomic E-state index is 0.163. The number of piperazine rings is 1. The van der Waals surface area contributed by atoms with Gasteiger partial charge in [-0.05, 0) is 0 Å². The summed E-state index contributed by atoms with van der Waals surface area (Å²) in [6, 6.07) is 0.163. The van der Waals surface area contributed by atoms with Crippen LogP contribution in [-0.4, -0.2) is 92.7 Å². The number of amides is 1. The Kier molecular flexibility index (Phi) is 4.94. The van der Waals surface area contributed by atoms with Crippen molar-refractivity contribution in [3.05, 3.63) is 0 Å². The first kappa shape index (κ1) is 13.7. The highest BCUT2D eigenvalue weighted by molar-refractivity contribution is 5.79. The molecule has 0 radical (unpaired) electrons. The highest BCUT2D eigenvalue weighted by Crippen LogP contribution is 2.08. The van der Waals surface area contributed by atoms with Crippen molar-refractivity contribution in [2.45, 2.75) is 6.04 Å². The maximum absolute atomic E-state index is 11.8. The van der Waals surface area contributed by atoms with E-state index in [0.29, 0.717) is 13.1 Å². The molecule has 0 aromatic heterocycles. The minimum atomic E-state index is 0.163. The third-order valence-corrected chi connectivity index (χ3v) is 3.88. The van der Waals surface area contributed by atoms with Crippen molar-refractivity contribution in [1.29, 1.82) is 0 Å². The van der Waals surface area contributed by atoms with E-state index in [2.05, 4.69) is 9.80 Å². The maximum atomic E-state index is 11.8. The standard InChI is InChI=1S/C12H24N4O2/c1-14-11(8-13)9-16(10-12(14)17)3-2-15-4-6-18-7-5-15/h11H,2-10,13H2,1H3. The molecule has 1 amide bonds. The fourth-order valence-corrected chi connectivity index (χ4v) is 2.50. The molecule has 1 atom stereocenters. The monoisotopic (exact) mass is 256 g/mol. The van der Waals surface area contributed by atoms with Gasteiger partial charge >= 0.3 is 0 Å². The van der Waals surface area contributed by atoms with Crippen molar-refractivity contribution in [3.8, 4) is 0 Å². The van der Waals surface area contributed by atoms with Gasteiger partial charge in [0, 0.05) is 46.3 Å². The van der Waals surface area contributed by atoms with Crippen molar-refractivity contribution < 1.29 is 9.53 Å². The molecule has 2 N–H and O–H groups in total. The number of morpholine rings is 1. The summed E-state index contributed by atoms with van der Waals surface area (Å²) in [5, 5.41) is 0. The normalized spacial score (nSPS) is 27.8. The van der Waals surface area contributed by atoms with Crippen LogP contribution in [0.15, 0.2) is 0 Å². The van der Waals surface area contributed by atoms with Gasteiger partial charge in [0.2, 0.25) is 5.91 Å². The number of rotatable bonds is 4. The first-order chi connectivity index (χ1) is 8.70. The van der Waals surface area contributed by atoms with Gasteiger partial charge in [-0.2, -0.15) is 0 Å². The van der Waals surface area contributed by atoms with Crippen LogP contribution in [-0.2, 0) is 9.53 Å². The molecule has 2 heterocycles. The summed E-state index contributed by atoms with van der Waals surface area (Å²) in [5.74, 6) is 0.179. The van der Waals surface area contributed by atoms with Gasteiger partial charge in [0.05, 0.1) is 25.8 Å². The van der Waals surface area contributed by atoms with Crippen molar-refractivity contribution >= 4 is 5.91 Å². The summed E-state index contributed by atoms with van der Waals surface area (Å²) in [6.45, 7) is 7.56. The Balaban J connectivity index is 1.76. The van der Waals surface area contributed by atoms with E-state index in [-0.39, 0.29) is 11.9 Å². The highest BCUT2D eigenvalue weighted by Gasteiger charge is 2.28. The molecule has 18 heavy (non-hydrogen) atoms. The zero-order valence-corrected chi connectivity index (χ0v) is 11.2. The third kappa shape index (κ3) is 3.41. The quantitative estimate of drug-likeness (QED) is 0.658. The van der Waals surface area contributed by atoms with Crippen molar-refractivity contribution in [2.24, 2.45) is 5.73 Å². The molecular formula is C12H24N4O2. The molecule has 2 aliphatic rings. The van der Waals surface area contributed by atoms with Crippen LogP contribution in [0.1, 0.15) is 0 Å². The Hall–Kier alpha value is -0.690. The number of hydrogen-bond acceptors (Lipinski definition) is 5. The summed E-state index contributed by atoms with van der Waals surface area (Å²) in [4.78, 5) is 18.2. The second-order valence-corrected chi connectivity index (χ2v) is 5.08. The van der Waals surface area contributed by atoms with Crippen LogP contribution in [0.25, 0.3) is 0 Å². The van der Waals surface area contributed by atoms with Crippen molar-refractivity contribution in [2.75, 3.05) is 66.1 Å². The van der Waals surface area contributed by atoms with E-state index in [1.165, 1.54) is 0 Å². The number of hydrogen-bond donors (Lipinski definition) is 1. The van der Waals surface area contributed by atoms with Crippen LogP contribution in [0, 0.1) is 0 Å². The van der Waals surface area contributed by atoms with E-state index in [1.54, 1.807) is 4.90 Å². The number of nitrogens with two attached hydrogens (primary N) is 1. The predicted molar refractivity (Wildman–Crippen MR) is 69.3 cm³/mol. The molecule has 2 rings (SSSR count). The number of nitrogens with zero attached hydrogens (tertiary/aromatic N) is 3. The SMILES string of the molecule is CN1C(=O)CN(CCN2CCOCC2)CC1CN. The minimum Gasteiger partial charge on any atom is -0.379 e. The van der Waals surface area contributed by atoms with Gasteiger partial charge < -0.3 is 15.4 Å². The Bertz CT molecular complexity index is 281. The average molecular weight is 256 g/mol. The molecular weight excluding hydrogens is 232 g/mol. The van der Waals surface area contributed by atoms with E-state index in [0.717, 1.165) is 45.9 Å². The largest absolute Gasteiger partial charge is 0.379 e. The summed E-state index contributed by atoms with van der Waals surface area (Å²) < 4.78 is 5.32. The zero-order chi connectivity index (χ0) is 13.0. The second-order valence-electron chi connectivity index (χ2n) is 5.08. The third-order valence-electron chi connectivity index (χ3n) is 3.88. The molecule has 0 aromatic rings. The molecule has 0 saturated carbocycles. The van der Waals surface area contributed by atoms with Gasteiger partial charge in [-0.1, -0.05) is 0 Å². The van der Waals surface area contributed by atoms with Crippen LogP contribution < -0.4 is 5.73 Å². The molecule has 104 valence electrons. The van der Waals surface area contributed by atoms with Crippen LogP contribution >= 0.6 is 0 Å².